The third-order valence-electron chi connectivity index (χ3n) is 1.87. The minimum Gasteiger partial charge on any atom is -0.393 e. The van der Waals surface area contributed by atoms with E-state index in [2.05, 4.69) is 15.3 Å². The van der Waals surface area contributed by atoms with Gasteiger partial charge in [-0.2, -0.15) is 9.97 Å². The molecule has 0 spiro atoms. The van der Waals surface area contributed by atoms with Crippen LogP contribution in [0.25, 0.3) is 0 Å². The molecule has 0 fully saturated rings. The van der Waals surface area contributed by atoms with Crippen LogP contribution in [0.15, 0.2) is 6.07 Å². The van der Waals surface area contributed by atoms with E-state index in [-0.39, 0.29) is 12.1 Å². The van der Waals surface area contributed by atoms with Gasteiger partial charge in [0.15, 0.2) is 0 Å². The molecule has 84 valence electrons. The molecule has 0 bridgehead atoms. The second kappa shape index (κ2) is 5.35. The van der Waals surface area contributed by atoms with Crippen molar-refractivity contribution in [2.75, 3.05) is 23.3 Å². The lowest BCUT2D eigenvalue weighted by atomic mass is 10.2. The van der Waals surface area contributed by atoms with Crippen molar-refractivity contribution in [2.24, 2.45) is 0 Å². The largest absolute Gasteiger partial charge is 0.393 e. The van der Waals surface area contributed by atoms with Crippen LogP contribution in [-0.2, 0) is 0 Å². The first kappa shape index (κ1) is 11.5. The Hall–Kier alpha value is -1.56. The van der Waals surface area contributed by atoms with Crippen LogP contribution in [0, 0.1) is 0 Å². The first-order chi connectivity index (χ1) is 7.08. The molecule has 0 saturated carbocycles. The standard InChI is InChI=1S/C9H17N5O/c1-6(15)3-2-4-12-8-5-7(10)13-9(11)14-8/h5-6,15H,2-4H2,1H3,(H5,10,11,12,13,14). The first-order valence-corrected chi connectivity index (χ1v) is 4.90. The lowest BCUT2D eigenvalue weighted by Gasteiger charge is -2.07. The lowest BCUT2D eigenvalue weighted by Crippen LogP contribution is -2.09. The highest BCUT2D eigenvalue weighted by Crippen LogP contribution is 2.09. The van der Waals surface area contributed by atoms with E-state index >= 15 is 0 Å². The van der Waals surface area contributed by atoms with E-state index in [0.29, 0.717) is 11.6 Å². The number of nitrogen functional groups attached to an aromatic ring is 2. The zero-order chi connectivity index (χ0) is 11.3. The Bertz CT molecular complexity index is 295. The highest BCUT2D eigenvalue weighted by Gasteiger charge is 1.99. The van der Waals surface area contributed by atoms with Crippen LogP contribution in [0.1, 0.15) is 19.8 Å². The van der Waals surface area contributed by atoms with Crippen molar-refractivity contribution in [3.05, 3.63) is 6.07 Å². The maximum atomic E-state index is 9.04. The Balaban J connectivity index is 2.37. The highest BCUT2D eigenvalue weighted by atomic mass is 16.3. The van der Waals surface area contributed by atoms with Gasteiger partial charge in [0, 0.05) is 12.6 Å². The van der Waals surface area contributed by atoms with Crippen molar-refractivity contribution in [1.29, 1.82) is 0 Å². The van der Waals surface area contributed by atoms with Crippen molar-refractivity contribution >= 4 is 17.6 Å². The number of aliphatic hydroxyl groups is 1. The second-order valence-electron chi connectivity index (χ2n) is 3.45. The topological polar surface area (TPSA) is 110 Å². The third kappa shape index (κ3) is 4.46. The van der Waals surface area contributed by atoms with Crippen molar-refractivity contribution in [3.8, 4) is 0 Å². The van der Waals surface area contributed by atoms with Gasteiger partial charge in [0.1, 0.15) is 11.6 Å². The zero-order valence-electron chi connectivity index (χ0n) is 8.77. The fourth-order valence-electron chi connectivity index (χ4n) is 1.19. The number of anilines is 3. The zero-order valence-corrected chi connectivity index (χ0v) is 8.77. The lowest BCUT2D eigenvalue weighted by molar-refractivity contribution is 0.183. The number of nitrogens with two attached hydrogens (primary N) is 2. The molecule has 6 heteroatoms. The average Bonchev–Trinajstić information content (AvgIpc) is 2.10. The van der Waals surface area contributed by atoms with E-state index in [4.69, 9.17) is 16.6 Å². The van der Waals surface area contributed by atoms with Gasteiger partial charge >= 0.3 is 0 Å². The summed E-state index contributed by atoms with van der Waals surface area (Å²) in [5.74, 6) is 1.12. The molecule has 15 heavy (non-hydrogen) atoms. The Kier molecular flexibility index (Phi) is 4.11. The number of nitrogens with one attached hydrogen (secondary N) is 1. The van der Waals surface area contributed by atoms with Crippen molar-refractivity contribution in [3.63, 3.8) is 0 Å². The molecule has 1 heterocycles. The van der Waals surface area contributed by atoms with E-state index in [1.165, 1.54) is 0 Å². The Labute approximate surface area is 88.7 Å². The van der Waals surface area contributed by atoms with Gasteiger partial charge < -0.3 is 21.9 Å². The fraction of sp³-hybridized carbons (Fsp3) is 0.556. The smallest absolute Gasteiger partial charge is 0.223 e. The molecule has 1 aromatic rings. The van der Waals surface area contributed by atoms with Crippen molar-refractivity contribution < 1.29 is 5.11 Å². The summed E-state index contributed by atoms with van der Waals surface area (Å²) >= 11 is 0. The van der Waals surface area contributed by atoms with Crippen LogP contribution < -0.4 is 16.8 Å². The van der Waals surface area contributed by atoms with Gasteiger partial charge in [0.2, 0.25) is 5.95 Å². The molecule has 6 nitrogen and oxygen atoms in total. The summed E-state index contributed by atoms with van der Waals surface area (Å²) in [4.78, 5) is 7.72. The summed E-state index contributed by atoms with van der Waals surface area (Å²) in [5, 5.41) is 12.1. The van der Waals surface area contributed by atoms with Gasteiger partial charge in [-0.3, -0.25) is 0 Å². The normalized spacial score (nSPS) is 12.4. The molecule has 1 aromatic heterocycles. The molecule has 1 rings (SSSR count). The van der Waals surface area contributed by atoms with E-state index in [9.17, 15) is 0 Å². The van der Waals surface area contributed by atoms with Crippen LogP contribution in [0.5, 0.6) is 0 Å². The van der Waals surface area contributed by atoms with Gasteiger partial charge in [-0.25, -0.2) is 0 Å². The summed E-state index contributed by atoms with van der Waals surface area (Å²) < 4.78 is 0. The van der Waals surface area contributed by atoms with Crippen molar-refractivity contribution in [2.45, 2.75) is 25.9 Å². The molecule has 1 atom stereocenters. The number of aliphatic hydroxyl groups excluding tert-OH is 1. The molecule has 0 aliphatic heterocycles. The Morgan fingerprint density at radius 1 is 1.47 bits per heavy atom. The maximum Gasteiger partial charge on any atom is 0.223 e. The minimum atomic E-state index is -0.271. The maximum absolute atomic E-state index is 9.04. The fourth-order valence-corrected chi connectivity index (χ4v) is 1.19. The number of hydrogen-bond donors (Lipinski definition) is 4. The summed E-state index contributed by atoms with van der Waals surface area (Å²) in [6, 6.07) is 1.62. The molecular formula is C9H17N5O. The number of nitrogens with zero attached hydrogens (tertiary/aromatic N) is 2. The Morgan fingerprint density at radius 2 is 2.20 bits per heavy atom. The van der Waals surface area contributed by atoms with Crippen LogP contribution >= 0.6 is 0 Å². The predicted octanol–water partition coefficient (Wildman–Crippen LogP) is 0.214. The molecule has 6 N–H and O–H groups in total. The minimum absolute atomic E-state index is 0.160. The van der Waals surface area contributed by atoms with Gasteiger partial charge in [-0.15, -0.1) is 0 Å². The van der Waals surface area contributed by atoms with Crippen LogP contribution in [0.4, 0.5) is 17.6 Å². The molecule has 0 saturated heterocycles. The predicted molar refractivity (Wildman–Crippen MR) is 60.3 cm³/mol. The van der Waals surface area contributed by atoms with E-state index in [0.717, 1.165) is 19.4 Å². The van der Waals surface area contributed by atoms with E-state index < -0.39 is 0 Å². The number of aromatic nitrogens is 2. The summed E-state index contributed by atoms with van der Waals surface area (Å²) in [5.41, 5.74) is 10.9. The van der Waals surface area contributed by atoms with Crippen LogP contribution in [0.2, 0.25) is 0 Å². The first-order valence-electron chi connectivity index (χ1n) is 4.90. The Morgan fingerprint density at radius 3 is 2.80 bits per heavy atom. The SMILES string of the molecule is CC(O)CCCNc1cc(N)nc(N)n1. The molecular weight excluding hydrogens is 194 g/mol. The quantitative estimate of drug-likeness (QED) is 0.518. The van der Waals surface area contributed by atoms with Crippen molar-refractivity contribution in [1.82, 2.24) is 9.97 Å². The molecule has 0 aromatic carbocycles. The van der Waals surface area contributed by atoms with Gasteiger partial charge in [0.25, 0.3) is 0 Å². The van der Waals surface area contributed by atoms with Gasteiger partial charge in [-0.05, 0) is 19.8 Å². The average molecular weight is 211 g/mol. The monoisotopic (exact) mass is 211 g/mol. The molecule has 0 amide bonds. The van der Waals surface area contributed by atoms with E-state index in [1.54, 1.807) is 13.0 Å². The highest BCUT2D eigenvalue weighted by molar-refractivity contribution is 5.48. The molecule has 1 unspecified atom stereocenters. The molecule has 0 radical (unpaired) electrons. The van der Waals surface area contributed by atoms with E-state index in [1.807, 2.05) is 0 Å². The number of rotatable bonds is 5. The molecule has 0 aliphatic carbocycles. The second-order valence-corrected chi connectivity index (χ2v) is 3.45. The summed E-state index contributed by atoms with van der Waals surface area (Å²) in [7, 11) is 0. The van der Waals surface area contributed by atoms with Gasteiger partial charge in [-0.1, -0.05) is 0 Å². The van der Waals surface area contributed by atoms with Gasteiger partial charge in [0.05, 0.1) is 6.10 Å². The van der Waals surface area contributed by atoms with Crippen LogP contribution in [-0.4, -0.2) is 27.7 Å². The summed E-state index contributed by atoms with van der Waals surface area (Å²) in [6.07, 6.45) is 1.34. The molecule has 0 aliphatic rings. The third-order valence-corrected chi connectivity index (χ3v) is 1.87. The van der Waals surface area contributed by atoms with Crippen LogP contribution in [0.3, 0.4) is 0 Å². The number of hydrogen-bond acceptors (Lipinski definition) is 6. The summed E-state index contributed by atoms with van der Waals surface area (Å²) in [6.45, 7) is 2.49.